The summed E-state index contributed by atoms with van der Waals surface area (Å²) in [4.78, 5) is 12.3. The van der Waals surface area contributed by atoms with E-state index in [1.807, 2.05) is 0 Å². The lowest BCUT2D eigenvalue weighted by Gasteiger charge is -2.20. The molecular formula is C15H20N2O3S. The SMILES string of the molecule is O=C(NS(=O)(=O)c1ccc2c(c1)CCN2)C1CCCCC1. The van der Waals surface area contributed by atoms with E-state index >= 15 is 0 Å². The summed E-state index contributed by atoms with van der Waals surface area (Å²) in [7, 11) is -3.76. The quantitative estimate of drug-likeness (QED) is 0.896. The molecule has 0 radical (unpaired) electrons. The molecule has 5 nitrogen and oxygen atoms in total. The highest BCUT2D eigenvalue weighted by Gasteiger charge is 2.26. The van der Waals surface area contributed by atoms with Gasteiger partial charge in [0.2, 0.25) is 5.91 Å². The van der Waals surface area contributed by atoms with Crippen molar-refractivity contribution < 1.29 is 13.2 Å². The van der Waals surface area contributed by atoms with Crippen LogP contribution >= 0.6 is 0 Å². The van der Waals surface area contributed by atoms with Crippen LogP contribution in [0.15, 0.2) is 23.1 Å². The minimum Gasteiger partial charge on any atom is -0.384 e. The number of rotatable bonds is 3. The zero-order valence-electron chi connectivity index (χ0n) is 11.9. The Hall–Kier alpha value is -1.56. The second-order valence-corrected chi connectivity index (χ2v) is 7.48. The van der Waals surface area contributed by atoms with Gasteiger partial charge >= 0.3 is 0 Å². The summed E-state index contributed by atoms with van der Waals surface area (Å²) in [6.45, 7) is 0.827. The molecule has 1 aromatic rings. The first-order chi connectivity index (χ1) is 10.1. The molecule has 1 aromatic carbocycles. The first kappa shape index (κ1) is 14.4. The Balaban J connectivity index is 1.75. The number of amides is 1. The van der Waals surface area contributed by atoms with Gasteiger partial charge in [-0.3, -0.25) is 4.79 Å². The lowest BCUT2D eigenvalue weighted by molar-refractivity contribution is -0.124. The van der Waals surface area contributed by atoms with Crippen molar-refractivity contribution in [2.75, 3.05) is 11.9 Å². The van der Waals surface area contributed by atoms with Gasteiger partial charge in [-0.15, -0.1) is 0 Å². The molecule has 6 heteroatoms. The maximum Gasteiger partial charge on any atom is 0.264 e. The summed E-state index contributed by atoms with van der Waals surface area (Å²) < 4.78 is 26.9. The topological polar surface area (TPSA) is 75.3 Å². The molecule has 1 amide bonds. The van der Waals surface area contributed by atoms with Gasteiger partial charge in [-0.25, -0.2) is 13.1 Å². The Bertz CT molecular complexity index is 649. The van der Waals surface area contributed by atoms with Crippen LogP contribution in [0.4, 0.5) is 5.69 Å². The second kappa shape index (κ2) is 5.67. The number of benzene rings is 1. The molecule has 3 rings (SSSR count). The summed E-state index contributed by atoms with van der Waals surface area (Å²) in [5.74, 6) is -0.516. The van der Waals surface area contributed by atoms with E-state index in [9.17, 15) is 13.2 Å². The molecule has 1 heterocycles. The van der Waals surface area contributed by atoms with Gasteiger partial charge in [0, 0.05) is 18.2 Å². The normalized spacial score (nSPS) is 18.9. The van der Waals surface area contributed by atoms with Crippen LogP contribution in [0, 0.1) is 5.92 Å². The molecule has 0 saturated heterocycles. The molecule has 1 saturated carbocycles. The zero-order chi connectivity index (χ0) is 14.9. The van der Waals surface area contributed by atoms with Crippen molar-refractivity contribution in [3.63, 3.8) is 0 Å². The summed E-state index contributed by atoms with van der Waals surface area (Å²) in [5.41, 5.74) is 1.97. The van der Waals surface area contributed by atoms with Crippen molar-refractivity contribution in [1.29, 1.82) is 0 Å². The van der Waals surface area contributed by atoms with Gasteiger partial charge < -0.3 is 5.32 Å². The smallest absolute Gasteiger partial charge is 0.264 e. The van der Waals surface area contributed by atoms with Crippen LogP contribution < -0.4 is 10.0 Å². The Morgan fingerprint density at radius 2 is 1.95 bits per heavy atom. The van der Waals surface area contributed by atoms with E-state index in [1.165, 1.54) is 0 Å². The van der Waals surface area contributed by atoms with Gasteiger partial charge in [0.15, 0.2) is 0 Å². The van der Waals surface area contributed by atoms with Crippen LogP contribution in [-0.4, -0.2) is 20.9 Å². The van der Waals surface area contributed by atoms with Crippen molar-refractivity contribution in [2.24, 2.45) is 5.92 Å². The highest BCUT2D eigenvalue weighted by Crippen LogP contribution is 2.26. The lowest BCUT2D eigenvalue weighted by Crippen LogP contribution is -2.36. The number of carbonyl (C=O) groups excluding carboxylic acids is 1. The van der Waals surface area contributed by atoms with Crippen molar-refractivity contribution in [1.82, 2.24) is 4.72 Å². The van der Waals surface area contributed by atoms with E-state index in [0.717, 1.165) is 56.3 Å². The van der Waals surface area contributed by atoms with Crippen LogP contribution in [0.5, 0.6) is 0 Å². The Morgan fingerprint density at radius 1 is 1.19 bits per heavy atom. The highest BCUT2D eigenvalue weighted by atomic mass is 32.2. The Kier molecular flexibility index (Phi) is 3.89. The number of sulfonamides is 1. The van der Waals surface area contributed by atoms with E-state index in [1.54, 1.807) is 18.2 Å². The van der Waals surface area contributed by atoms with Gasteiger partial charge in [0.1, 0.15) is 0 Å². The predicted octanol–water partition coefficient (Wildman–Crippen LogP) is 2.04. The third-order valence-corrected chi connectivity index (χ3v) is 5.65. The average Bonchev–Trinajstić information content (AvgIpc) is 2.95. The van der Waals surface area contributed by atoms with Gasteiger partial charge in [0.25, 0.3) is 10.0 Å². The minimum absolute atomic E-state index is 0.162. The van der Waals surface area contributed by atoms with Crippen molar-refractivity contribution in [3.05, 3.63) is 23.8 Å². The fourth-order valence-electron chi connectivity index (χ4n) is 3.09. The number of hydrogen-bond acceptors (Lipinski definition) is 4. The van der Waals surface area contributed by atoms with Gasteiger partial charge in [-0.2, -0.15) is 0 Å². The van der Waals surface area contributed by atoms with Crippen LogP contribution in [0.3, 0.4) is 0 Å². The Morgan fingerprint density at radius 3 is 2.71 bits per heavy atom. The molecule has 0 unspecified atom stereocenters. The van der Waals surface area contributed by atoms with Crippen LogP contribution in [0.2, 0.25) is 0 Å². The number of hydrogen-bond donors (Lipinski definition) is 2. The van der Waals surface area contributed by atoms with E-state index in [-0.39, 0.29) is 16.7 Å². The van der Waals surface area contributed by atoms with Gasteiger partial charge in [-0.1, -0.05) is 19.3 Å². The molecule has 2 aliphatic rings. The molecule has 21 heavy (non-hydrogen) atoms. The molecular weight excluding hydrogens is 288 g/mol. The summed E-state index contributed by atoms with van der Waals surface area (Å²) in [6.07, 6.45) is 5.53. The van der Waals surface area contributed by atoms with Crippen LogP contribution in [0.25, 0.3) is 0 Å². The third kappa shape index (κ3) is 3.05. The molecule has 1 aliphatic carbocycles. The second-order valence-electron chi connectivity index (χ2n) is 5.80. The van der Waals surface area contributed by atoms with Gasteiger partial charge in [-0.05, 0) is 43.0 Å². The van der Waals surface area contributed by atoms with Crippen molar-refractivity contribution in [3.8, 4) is 0 Å². The lowest BCUT2D eigenvalue weighted by atomic mass is 9.89. The molecule has 1 aliphatic heterocycles. The average molecular weight is 308 g/mol. The highest BCUT2D eigenvalue weighted by molar-refractivity contribution is 7.90. The van der Waals surface area contributed by atoms with E-state index in [4.69, 9.17) is 0 Å². The molecule has 0 aromatic heterocycles. The molecule has 0 bridgehead atoms. The Labute approximate surface area is 125 Å². The zero-order valence-corrected chi connectivity index (χ0v) is 12.7. The minimum atomic E-state index is -3.76. The summed E-state index contributed by atoms with van der Waals surface area (Å²) >= 11 is 0. The number of carbonyl (C=O) groups is 1. The molecule has 0 atom stereocenters. The molecule has 114 valence electrons. The number of fused-ring (bicyclic) bond motifs is 1. The molecule has 1 fully saturated rings. The number of anilines is 1. The first-order valence-corrected chi connectivity index (χ1v) is 8.98. The van der Waals surface area contributed by atoms with Crippen molar-refractivity contribution >= 4 is 21.6 Å². The summed E-state index contributed by atoms with van der Waals surface area (Å²) in [6, 6.07) is 4.97. The number of nitrogens with one attached hydrogen (secondary N) is 2. The fraction of sp³-hybridized carbons (Fsp3) is 0.533. The van der Waals surface area contributed by atoms with E-state index in [2.05, 4.69) is 10.0 Å². The van der Waals surface area contributed by atoms with E-state index < -0.39 is 10.0 Å². The largest absolute Gasteiger partial charge is 0.384 e. The standard InChI is InChI=1S/C15H20N2O3S/c18-15(11-4-2-1-3-5-11)17-21(19,20)13-6-7-14-12(10-13)8-9-16-14/h6-7,10-11,16H,1-5,8-9H2,(H,17,18). The fourth-order valence-corrected chi connectivity index (χ4v) is 4.18. The molecule has 0 spiro atoms. The van der Waals surface area contributed by atoms with Crippen molar-refractivity contribution in [2.45, 2.75) is 43.4 Å². The monoisotopic (exact) mass is 308 g/mol. The molecule has 2 N–H and O–H groups in total. The van der Waals surface area contributed by atoms with Crippen LogP contribution in [-0.2, 0) is 21.2 Å². The van der Waals surface area contributed by atoms with E-state index in [0.29, 0.717) is 0 Å². The van der Waals surface area contributed by atoms with Gasteiger partial charge in [0.05, 0.1) is 4.90 Å². The first-order valence-electron chi connectivity index (χ1n) is 7.50. The predicted molar refractivity (Wildman–Crippen MR) is 80.5 cm³/mol. The third-order valence-electron chi connectivity index (χ3n) is 4.31. The maximum absolute atomic E-state index is 12.3. The van der Waals surface area contributed by atoms with Crippen LogP contribution in [0.1, 0.15) is 37.7 Å². The maximum atomic E-state index is 12.3. The summed E-state index contributed by atoms with van der Waals surface area (Å²) in [5, 5.41) is 3.19.